The normalized spacial score (nSPS) is 13.1. The van der Waals surface area contributed by atoms with Crippen LogP contribution in [0.3, 0.4) is 0 Å². The quantitative estimate of drug-likeness (QED) is 0.449. The molecule has 1 heteroatoms. The highest BCUT2D eigenvalue weighted by molar-refractivity contribution is 5.29. The lowest BCUT2D eigenvalue weighted by molar-refractivity contribution is 0.483. The molecule has 1 nitrogen and oxygen atoms in total. The molecule has 1 aromatic carbocycles. The summed E-state index contributed by atoms with van der Waals surface area (Å²) in [5.41, 5.74) is 3.07. The van der Waals surface area contributed by atoms with E-state index in [9.17, 15) is 0 Å². The van der Waals surface area contributed by atoms with Crippen LogP contribution in [-0.2, 0) is 5.41 Å². The van der Waals surface area contributed by atoms with Gasteiger partial charge in [-0.15, -0.1) is 6.58 Å². The first-order chi connectivity index (χ1) is 9.99. The van der Waals surface area contributed by atoms with Crippen LogP contribution >= 0.6 is 0 Å². The Balaban J connectivity index is 2.61. The zero-order chi connectivity index (χ0) is 15.7. The molecule has 21 heavy (non-hydrogen) atoms. The first-order valence-electron chi connectivity index (χ1n) is 8.43. The summed E-state index contributed by atoms with van der Waals surface area (Å²) in [7, 11) is 0. The Labute approximate surface area is 131 Å². The minimum atomic E-state index is 0.233. The van der Waals surface area contributed by atoms with Gasteiger partial charge in [0.25, 0.3) is 0 Å². The standard InChI is InChI=1S/C20H33N/c1-6-8-9-10-11-12-19(21-7-2)17-13-15-18(16-14-17)20(3,4)5/h6,13-16,19,21H,1,7-12H2,2-5H3. The fraction of sp³-hybridized carbons (Fsp3) is 0.600. The van der Waals surface area contributed by atoms with Crippen molar-refractivity contribution >= 4 is 0 Å². The first kappa shape index (κ1) is 18.0. The van der Waals surface area contributed by atoms with Crippen molar-refractivity contribution in [3.8, 4) is 0 Å². The Morgan fingerprint density at radius 3 is 2.29 bits per heavy atom. The molecule has 0 heterocycles. The molecule has 1 aromatic rings. The van der Waals surface area contributed by atoms with Crippen molar-refractivity contribution in [3.05, 3.63) is 48.0 Å². The second-order valence-corrected chi connectivity index (χ2v) is 6.91. The second kappa shape index (κ2) is 9.04. The van der Waals surface area contributed by atoms with E-state index in [-0.39, 0.29) is 5.41 Å². The smallest absolute Gasteiger partial charge is 0.0320 e. The highest BCUT2D eigenvalue weighted by atomic mass is 14.9. The molecular formula is C20H33N. The average molecular weight is 287 g/mol. The molecule has 1 atom stereocenters. The van der Waals surface area contributed by atoms with Crippen molar-refractivity contribution in [3.63, 3.8) is 0 Å². The van der Waals surface area contributed by atoms with E-state index in [0.717, 1.165) is 13.0 Å². The van der Waals surface area contributed by atoms with Crippen LogP contribution in [0.15, 0.2) is 36.9 Å². The van der Waals surface area contributed by atoms with Crippen LogP contribution in [0, 0.1) is 0 Å². The molecule has 0 aliphatic rings. The van der Waals surface area contributed by atoms with Gasteiger partial charge in [-0.05, 0) is 42.3 Å². The molecule has 0 bridgehead atoms. The zero-order valence-electron chi connectivity index (χ0n) is 14.4. The Kier molecular flexibility index (Phi) is 7.74. The Morgan fingerprint density at radius 1 is 1.10 bits per heavy atom. The lowest BCUT2D eigenvalue weighted by Gasteiger charge is -2.22. The molecule has 0 amide bonds. The predicted octanol–water partition coefficient (Wildman–Crippen LogP) is 5.77. The van der Waals surface area contributed by atoms with Gasteiger partial charge in [0.2, 0.25) is 0 Å². The fourth-order valence-corrected chi connectivity index (χ4v) is 2.66. The van der Waals surface area contributed by atoms with Crippen LogP contribution in [0.2, 0.25) is 0 Å². The topological polar surface area (TPSA) is 12.0 Å². The van der Waals surface area contributed by atoms with Crippen molar-refractivity contribution in [1.29, 1.82) is 0 Å². The molecule has 118 valence electrons. The largest absolute Gasteiger partial charge is 0.310 e. The maximum absolute atomic E-state index is 3.79. The van der Waals surface area contributed by atoms with Crippen molar-refractivity contribution in [1.82, 2.24) is 5.32 Å². The van der Waals surface area contributed by atoms with Gasteiger partial charge in [0, 0.05) is 6.04 Å². The van der Waals surface area contributed by atoms with Crippen molar-refractivity contribution in [2.24, 2.45) is 0 Å². The summed E-state index contributed by atoms with van der Waals surface area (Å²) >= 11 is 0. The van der Waals surface area contributed by atoms with Crippen LogP contribution in [-0.4, -0.2) is 6.54 Å². The third-order valence-electron chi connectivity index (χ3n) is 4.03. The number of nitrogens with one attached hydrogen (secondary N) is 1. The van der Waals surface area contributed by atoms with E-state index < -0.39 is 0 Å². The van der Waals surface area contributed by atoms with Gasteiger partial charge >= 0.3 is 0 Å². The number of unbranched alkanes of at least 4 members (excludes halogenated alkanes) is 3. The van der Waals surface area contributed by atoms with Crippen LogP contribution in [0.25, 0.3) is 0 Å². The summed E-state index contributed by atoms with van der Waals surface area (Å²) in [4.78, 5) is 0. The van der Waals surface area contributed by atoms with Crippen molar-refractivity contribution in [2.45, 2.75) is 71.3 Å². The van der Waals surface area contributed by atoms with E-state index in [2.05, 4.69) is 63.9 Å². The summed E-state index contributed by atoms with van der Waals surface area (Å²) in [5.74, 6) is 0. The average Bonchev–Trinajstić information content (AvgIpc) is 2.45. The maximum atomic E-state index is 3.79. The van der Waals surface area contributed by atoms with Crippen LogP contribution < -0.4 is 5.32 Å². The summed E-state index contributed by atoms with van der Waals surface area (Å²) in [5, 5.41) is 3.63. The zero-order valence-corrected chi connectivity index (χ0v) is 14.4. The van der Waals surface area contributed by atoms with Gasteiger partial charge < -0.3 is 5.32 Å². The lowest BCUT2D eigenvalue weighted by atomic mass is 9.86. The molecular weight excluding hydrogens is 254 g/mol. The van der Waals surface area contributed by atoms with Gasteiger partial charge in [-0.3, -0.25) is 0 Å². The van der Waals surface area contributed by atoms with Crippen LogP contribution in [0.4, 0.5) is 0 Å². The Morgan fingerprint density at radius 2 is 1.76 bits per heavy atom. The number of hydrogen-bond acceptors (Lipinski definition) is 1. The van der Waals surface area contributed by atoms with Gasteiger partial charge in [-0.25, -0.2) is 0 Å². The Bertz CT molecular complexity index is 397. The highest BCUT2D eigenvalue weighted by Crippen LogP contribution is 2.26. The van der Waals surface area contributed by atoms with E-state index in [1.54, 1.807) is 0 Å². The minimum absolute atomic E-state index is 0.233. The summed E-state index contributed by atoms with van der Waals surface area (Å²) in [6, 6.07) is 9.68. The molecule has 0 saturated carbocycles. The van der Waals surface area contributed by atoms with E-state index in [4.69, 9.17) is 0 Å². The first-order valence-corrected chi connectivity index (χ1v) is 8.43. The Hall–Kier alpha value is -1.08. The second-order valence-electron chi connectivity index (χ2n) is 6.91. The molecule has 0 aromatic heterocycles. The molecule has 0 aliphatic heterocycles. The van der Waals surface area contributed by atoms with Crippen molar-refractivity contribution in [2.75, 3.05) is 6.54 Å². The lowest BCUT2D eigenvalue weighted by Crippen LogP contribution is -2.21. The maximum Gasteiger partial charge on any atom is 0.0320 e. The summed E-state index contributed by atoms with van der Waals surface area (Å²) in [6.45, 7) is 13.8. The predicted molar refractivity (Wildman–Crippen MR) is 94.8 cm³/mol. The van der Waals surface area contributed by atoms with E-state index >= 15 is 0 Å². The molecule has 0 fully saturated rings. The van der Waals surface area contributed by atoms with E-state index in [0.29, 0.717) is 6.04 Å². The minimum Gasteiger partial charge on any atom is -0.310 e. The van der Waals surface area contributed by atoms with Gasteiger partial charge in [0.05, 0.1) is 0 Å². The van der Waals surface area contributed by atoms with E-state index in [1.807, 2.05) is 6.08 Å². The molecule has 1 unspecified atom stereocenters. The molecule has 0 radical (unpaired) electrons. The van der Waals surface area contributed by atoms with E-state index in [1.165, 1.54) is 36.8 Å². The molecule has 0 spiro atoms. The van der Waals surface area contributed by atoms with Crippen LogP contribution in [0.5, 0.6) is 0 Å². The van der Waals surface area contributed by atoms with Gasteiger partial charge in [-0.2, -0.15) is 0 Å². The molecule has 0 saturated heterocycles. The molecule has 1 N–H and O–H groups in total. The highest BCUT2D eigenvalue weighted by Gasteiger charge is 2.15. The fourth-order valence-electron chi connectivity index (χ4n) is 2.66. The molecule has 0 aliphatic carbocycles. The third-order valence-corrected chi connectivity index (χ3v) is 4.03. The van der Waals surface area contributed by atoms with Gasteiger partial charge in [-0.1, -0.05) is 70.9 Å². The van der Waals surface area contributed by atoms with Gasteiger partial charge in [0.15, 0.2) is 0 Å². The molecule has 1 rings (SSSR count). The number of rotatable bonds is 9. The monoisotopic (exact) mass is 287 g/mol. The number of allylic oxidation sites excluding steroid dienone is 1. The number of benzene rings is 1. The summed E-state index contributed by atoms with van der Waals surface area (Å²) in [6.07, 6.45) is 8.24. The van der Waals surface area contributed by atoms with Crippen LogP contribution in [0.1, 0.15) is 77.0 Å². The SMILES string of the molecule is C=CCCCCCC(NCC)c1ccc(C(C)(C)C)cc1. The number of hydrogen-bond donors (Lipinski definition) is 1. The van der Waals surface area contributed by atoms with Crippen molar-refractivity contribution < 1.29 is 0 Å². The summed E-state index contributed by atoms with van der Waals surface area (Å²) < 4.78 is 0. The van der Waals surface area contributed by atoms with Gasteiger partial charge in [0.1, 0.15) is 0 Å². The third kappa shape index (κ3) is 6.48.